The van der Waals surface area contributed by atoms with Crippen molar-refractivity contribution in [2.24, 2.45) is 7.05 Å². The maximum atomic E-state index is 12.3. The zero-order chi connectivity index (χ0) is 15.3. The van der Waals surface area contributed by atoms with E-state index >= 15 is 0 Å². The number of nitrogens with zero attached hydrogens (tertiary/aromatic N) is 1. The second-order valence-corrected chi connectivity index (χ2v) is 7.25. The summed E-state index contributed by atoms with van der Waals surface area (Å²) in [5, 5.41) is 3.02. The average Bonchev–Trinajstić information content (AvgIpc) is 2.83. The van der Waals surface area contributed by atoms with Gasteiger partial charge in [0.05, 0.1) is 11.0 Å². The largest absolute Gasteiger partial charge is 0.378 e. The molecule has 1 atom stereocenters. The minimum Gasteiger partial charge on any atom is -0.378 e. The standard InChI is InChI=1S/C14H25N3O3S/c1-15-10-12-9-14(11-17(12)2)21(18,19)16-7-6-13-5-3-4-8-20-13/h9,11,13,15-16H,3-8,10H2,1-2H3. The zero-order valence-electron chi connectivity index (χ0n) is 12.8. The topological polar surface area (TPSA) is 72.4 Å². The van der Waals surface area contributed by atoms with Gasteiger partial charge in [0.15, 0.2) is 0 Å². The molecular formula is C14H25N3O3S. The van der Waals surface area contributed by atoms with Crippen LogP contribution in [-0.2, 0) is 28.4 Å². The Balaban J connectivity index is 1.90. The Labute approximate surface area is 126 Å². The molecule has 0 radical (unpaired) electrons. The number of rotatable bonds is 7. The van der Waals surface area contributed by atoms with Crippen LogP contribution in [0.3, 0.4) is 0 Å². The maximum absolute atomic E-state index is 12.3. The summed E-state index contributed by atoms with van der Waals surface area (Å²) in [5.74, 6) is 0. The number of hydrogen-bond donors (Lipinski definition) is 2. The average molecular weight is 315 g/mol. The smallest absolute Gasteiger partial charge is 0.242 e. The maximum Gasteiger partial charge on any atom is 0.242 e. The lowest BCUT2D eigenvalue weighted by Crippen LogP contribution is -2.29. The molecule has 0 spiro atoms. The number of hydrogen-bond acceptors (Lipinski definition) is 4. The summed E-state index contributed by atoms with van der Waals surface area (Å²) in [6.45, 7) is 1.86. The second kappa shape index (κ2) is 7.40. The normalized spacial score (nSPS) is 19.8. The highest BCUT2D eigenvalue weighted by Gasteiger charge is 2.19. The molecule has 2 rings (SSSR count). The quantitative estimate of drug-likeness (QED) is 0.787. The molecule has 0 bridgehead atoms. The molecule has 1 fully saturated rings. The number of ether oxygens (including phenoxy) is 1. The van der Waals surface area contributed by atoms with Crippen molar-refractivity contribution >= 4 is 10.0 Å². The fourth-order valence-corrected chi connectivity index (χ4v) is 3.69. The van der Waals surface area contributed by atoms with E-state index in [2.05, 4.69) is 10.0 Å². The Bertz CT molecular complexity index is 548. The van der Waals surface area contributed by atoms with Gasteiger partial charge in [0.25, 0.3) is 0 Å². The van der Waals surface area contributed by atoms with Crippen LogP contribution in [0.2, 0.25) is 0 Å². The van der Waals surface area contributed by atoms with E-state index in [0.717, 1.165) is 31.6 Å². The Hall–Kier alpha value is -0.890. The summed E-state index contributed by atoms with van der Waals surface area (Å²) < 4.78 is 34.6. The van der Waals surface area contributed by atoms with Crippen LogP contribution in [0.4, 0.5) is 0 Å². The van der Waals surface area contributed by atoms with Crippen LogP contribution in [0.25, 0.3) is 0 Å². The van der Waals surface area contributed by atoms with Gasteiger partial charge in [-0.05, 0) is 38.8 Å². The molecule has 21 heavy (non-hydrogen) atoms. The third-order valence-corrected chi connectivity index (χ3v) is 5.21. The minimum atomic E-state index is -3.44. The van der Waals surface area contributed by atoms with Gasteiger partial charge in [-0.1, -0.05) is 0 Å². The van der Waals surface area contributed by atoms with Crippen molar-refractivity contribution in [3.8, 4) is 0 Å². The van der Waals surface area contributed by atoms with Crippen molar-refractivity contribution in [3.63, 3.8) is 0 Å². The van der Waals surface area contributed by atoms with Crippen molar-refractivity contribution in [1.82, 2.24) is 14.6 Å². The molecule has 1 aromatic heterocycles. The van der Waals surface area contributed by atoms with Crippen LogP contribution in [0.5, 0.6) is 0 Å². The lowest BCUT2D eigenvalue weighted by molar-refractivity contribution is 0.0123. The monoisotopic (exact) mass is 315 g/mol. The van der Waals surface area contributed by atoms with Crippen LogP contribution < -0.4 is 10.0 Å². The first-order valence-corrected chi connectivity index (χ1v) is 8.92. The molecule has 0 amide bonds. The summed E-state index contributed by atoms with van der Waals surface area (Å²) in [7, 11) is 0.250. The van der Waals surface area contributed by atoms with Crippen molar-refractivity contribution in [1.29, 1.82) is 0 Å². The fraction of sp³-hybridized carbons (Fsp3) is 0.714. The molecule has 1 aromatic rings. The van der Waals surface area contributed by atoms with Gasteiger partial charge in [-0.15, -0.1) is 0 Å². The summed E-state index contributed by atoms with van der Waals surface area (Å²) in [6.07, 6.45) is 5.88. The third-order valence-electron chi connectivity index (χ3n) is 3.78. The molecule has 1 saturated heterocycles. The van der Waals surface area contributed by atoms with Gasteiger partial charge in [-0.25, -0.2) is 13.1 Å². The minimum absolute atomic E-state index is 0.192. The van der Waals surface area contributed by atoms with Gasteiger partial charge < -0.3 is 14.6 Å². The van der Waals surface area contributed by atoms with E-state index in [-0.39, 0.29) is 6.10 Å². The van der Waals surface area contributed by atoms with E-state index in [1.807, 2.05) is 18.7 Å². The summed E-state index contributed by atoms with van der Waals surface area (Å²) >= 11 is 0. The van der Waals surface area contributed by atoms with Crippen molar-refractivity contribution in [3.05, 3.63) is 18.0 Å². The Kier molecular flexibility index (Phi) is 5.80. The van der Waals surface area contributed by atoms with Crippen molar-refractivity contribution < 1.29 is 13.2 Å². The van der Waals surface area contributed by atoms with Crippen LogP contribution in [0.15, 0.2) is 17.2 Å². The first-order chi connectivity index (χ1) is 10.0. The molecular weight excluding hydrogens is 290 g/mol. The fourth-order valence-electron chi connectivity index (χ4n) is 2.55. The number of aromatic nitrogens is 1. The summed E-state index contributed by atoms with van der Waals surface area (Å²) in [4.78, 5) is 0.319. The molecule has 6 nitrogen and oxygen atoms in total. The van der Waals surface area contributed by atoms with E-state index in [1.165, 1.54) is 6.42 Å². The number of aryl methyl sites for hydroxylation is 1. The first kappa shape index (κ1) is 16.5. The lowest BCUT2D eigenvalue weighted by Gasteiger charge is -2.22. The third kappa shape index (κ3) is 4.54. The SMILES string of the molecule is CNCc1cc(S(=O)(=O)NCCC2CCCCO2)cn1C. The van der Waals surface area contributed by atoms with Crippen LogP contribution >= 0.6 is 0 Å². The molecule has 2 heterocycles. The molecule has 1 aliphatic rings. The Morgan fingerprint density at radius 2 is 2.24 bits per heavy atom. The van der Waals surface area contributed by atoms with Gasteiger partial charge in [0.1, 0.15) is 0 Å². The van der Waals surface area contributed by atoms with Crippen LogP contribution in [0, 0.1) is 0 Å². The lowest BCUT2D eigenvalue weighted by atomic mass is 10.1. The Morgan fingerprint density at radius 3 is 2.90 bits per heavy atom. The van der Waals surface area contributed by atoms with Gasteiger partial charge in [-0.3, -0.25) is 0 Å². The van der Waals surface area contributed by atoms with Gasteiger partial charge in [-0.2, -0.15) is 0 Å². The molecule has 7 heteroatoms. The number of nitrogens with one attached hydrogen (secondary N) is 2. The van der Waals surface area contributed by atoms with E-state index in [9.17, 15) is 8.42 Å². The van der Waals surface area contributed by atoms with Gasteiger partial charge >= 0.3 is 0 Å². The van der Waals surface area contributed by atoms with Crippen LogP contribution in [-0.4, -0.2) is 39.3 Å². The molecule has 120 valence electrons. The highest BCUT2D eigenvalue weighted by Crippen LogP contribution is 2.16. The predicted molar refractivity (Wildman–Crippen MR) is 81.6 cm³/mol. The van der Waals surface area contributed by atoms with Crippen molar-refractivity contribution in [2.75, 3.05) is 20.2 Å². The van der Waals surface area contributed by atoms with Crippen molar-refractivity contribution in [2.45, 2.75) is 43.2 Å². The van der Waals surface area contributed by atoms with E-state index in [1.54, 1.807) is 12.3 Å². The molecule has 0 aliphatic carbocycles. The summed E-state index contributed by atoms with van der Waals surface area (Å²) in [6, 6.07) is 1.70. The molecule has 1 unspecified atom stereocenters. The first-order valence-electron chi connectivity index (χ1n) is 7.44. The van der Waals surface area contributed by atoms with E-state index < -0.39 is 10.0 Å². The van der Waals surface area contributed by atoms with E-state index in [4.69, 9.17) is 4.74 Å². The van der Waals surface area contributed by atoms with Gasteiger partial charge in [0, 0.05) is 38.6 Å². The molecule has 0 saturated carbocycles. The molecule has 0 aromatic carbocycles. The molecule has 1 aliphatic heterocycles. The number of sulfonamides is 1. The summed E-state index contributed by atoms with van der Waals surface area (Å²) in [5.41, 5.74) is 0.938. The second-order valence-electron chi connectivity index (χ2n) is 5.48. The Morgan fingerprint density at radius 1 is 1.43 bits per heavy atom. The highest BCUT2D eigenvalue weighted by molar-refractivity contribution is 7.89. The van der Waals surface area contributed by atoms with E-state index in [0.29, 0.717) is 18.0 Å². The zero-order valence-corrected chi connectivity index (χ0v) is 13.6. The molecule has 2 N–H and O–H groups in total. The van der Waals surface area contributed by atoms with Crippen LogP contribution in [0.1, 0.15) is 31.4 Å². The van der Waals surface area contributed by atoms with Gasteiger partial charge in [0.2, 0.25) is 10.0 Å². The predicted octanol–water partition coefficient (Wildman–Crippen LogP) is 0.982. The highest BCUT2D eigenvalue weighted by atomic mass is 32.2.